The number of methoxy groups -OCH3 is 2. The van der Waals surface area contributed by atoms with E-state index < -0.39 is 18.4 Å². The highest BCUT2D eigenvalue weighted by Gasteiger charge is 2.35. The molecule has 29 heavy (non-hydrogen) atoms. The van der Waals surface area contributed by atoms with Gasteiger partial charge in [-0.25, -0.2) is 15.0 Å². The van der Waals surface area contributed by atoms with Crippen molar-refractivity contribution in [1.29, 1.82) is 0 Å². The van der Waals surface area contributed by atoms with E-state index in [-0.39, 0.29) is 6.61 Å². The first-order valence-corrected chi connectivity index (χ1v) is 9.21. The first kappa shape index (κ1) is 19.4. The zero-order valence-electron chi connectivity index (χ0n) is 16.1. The second-order valence-electron chi connectivity index (χ2n) is 6.69. The average molecular weight is 401 g/mol. The molecule has 0 saturated carbocycles. The normalized spacial score (nSPS) is 21.4. The van der Waals surface area contributed by atoms with E-state index in [0.717, 1.165) is 5.56 Å². The molecule has 1 aliphatic rings. The van der Waals surface area contributed by atoms with Crippen LogP contribution >= 0.6 is 0 Å². The van der Waals surface area contributed by atoms with Crippen molar-refractivity contribution in [2.45, 2.75) is 31.4 Å². The molecule has 1 unspecified atom stereocenters. The lowest BCUT2D eigenvalue weighted by Gasteiger charge is -2.14. The minimum atomic E-state index is -0.732. The Morgan fingerprint density at radius 1 is 1.24 bits per heavy atom. The van der Waals surface area contributed by atoms with Crippen molar-refractivity contribution < 1.29 is 24.4 Å². The predicted molar refractivity (Wildman–Crippen MR) is 104 cm³/mol. The third-order valence-corrected chi connectivity index (χ3v) is 4.99. The number of hydrogen-bond donors (Lipinski definition) is 3. The summed E-state index contributed by atoms with van der Waals surface area (Å²) in [6.07, 6.45) is 1.62. The van der Waals surface area contributed by atoms with Crippen molar-refractivity contribution in [3.05, 3.63) is 36.4 Å². The number of fused-ring (bicyclic) bond motifs is 1. The van der Waals surface area contributed by atoms with E-state index in [4.69, 9.17) is 14.2 Å². The van der Waals surface area contributed by atoms with Crippen LogP contribution in [0.2, 0.25) is 0 Å². The number of benzene rings is 1. The Kier molecular flexibility index (Phi) is 5.47. The van der Waals surface area contributed by atoms with Gasteiger partial charge in [0.15, 0.2) is 17.0 Å². The predicted octanol–water partition coefficient (Wildman–Crippen LogP) is 1.10. The largest absolute Gasteiger partial charge is 0.497 e. The summed E-state index contributed by atoms with van der Waals surface area (Å²) in [5, 5.41) is 22.6. The SMILES string of the molecule is COc1ccc(CNc2ncnc3c2ncn3C2C[C@H](O)[C@@H](CO)O2)c(OC)c1. The van der Waals surface area contributed by atoms with Gasteiger partial charge in [0.05, 0.1) is 33.3 Å². The van der Waals surface area contributed by atoms with E-state index in [0.29, 0.717) is 41.4 Å². The van der Waals surface area contributed by atoms with Crippen LogP contribution in [0.4, 0.5) is 5.82 Å². The molecule has 3 atom stereocenters. The zero-order chi connectivity index (χ0) is 20.4. The fourth-order valence-corrected chi connectivity index (χ4v) is 3.42. The van der Waals surface area contributed by atoms with Gasteiger partial charge < -0.3 is 29.7 Å². The van der Waals surface area contributed by atoms with Crippen LogP contribution in [0.3, 0.4) is 0 Å². The Labute approximate surface area is 167 Å². The molecule has 1 aromatic carbocycles. The molecule has 0 spiro atoms. The standard InChI is InChI=1S/C19H23N5O5/c1-27-12-4-3-11(14(5-12)28-2)7-20-18-17-19(22-9-21-18)24(10-23-17)16-6-13(26)15(8-25)29-16/h3-5,9-10,13,15-16,25-26H,6-8H2,1-2H3,(H,20,21,22)/t13-,15+,16?/m0/s1. The average Bonchev–Trinajstić information content (AvgIpc) is 3.35. The van der Waals surface area contributed by atoms with Crippen LogP contribution in [0.15, 0.2) is 30.9 Å². The fraction of sp³-hybridized carbons (Fsp3) is 0.421. The smallest absolute Gasteiger partial charge is 0.167 e. The first-order chi connectivity index (χ1) is 14.1. The van der Waals surface area contributed by atoms with Crippen LogP contribution in [0.5, 0.6) is 11.5 Å². The molecule has 1 aliphatic heterocycles. The molecular weight excluding hydrogens is 378 g/mol. The van der Waals surface area contributed by atoms with E-state index in [9.17, 15) is 10.2 Å². The Morgan fingerprint density at radius 2 is 2.10 bits per heavy atom. The summed E-state index contributed by atoms with van der Waals surface area (Å²) in [6, 6.07) is 5.61. The maximum Gasteiger partial charge on any atom is 0.167 e. The molecule has 1 saturated heterocycles. The topological polar surface area (TPSA) is 124 Å². The van der Waals surface area contributed by atoms with Gasteiger partial charge in [-0.2, -0.15) is 0 Å². The third kappa shape index (κ3) is 3.69. The van der Waals surface area contributed by atoms with Crippen molar-refractivity contribution in [3.63, 3.8) is 0 Å². The molecule has 0 amide bonds. The van der Waals surface area contributed by atoms with Gasteiger partial charge in [-0.3, -0.25) is 4.57 Å². The Morgan fingerprint density at radius 3 is 2.83 bits per heavy atom. The molecule has 0 bridgehead atoms. The number of aliphatic hydroxyl groups excluding tert-OH is 2. The van der Waals surface area contributed by atoms with E-state index in [1.165, 1.54) is 6.33 Å². The lowest BCUT2D eigenvalue weighted by molar-refractivity contribution is -0.0432. The molecule has 154 valence electrons. The molecule has 1 fully saturated rings. The Hall–Kier alpha value is -2.95. The minimum absolute atomic E-state index is 0.240. The van der Waals surface area contributed by atoms with Gasteiger partial charge in [0.25, 0.3) is 0 Å². The number of hydrogen-bond acceptors (Lipinski definition) is 9. The molecule has 3 aromatic rings. The molecule has 2 aromatic heterocycles. The Balaban J connectivity index is 1.56. The van der Waals surface area contributed by atoms with Crippen LogP contribution in [-0.4, -0.2) is 62.8 Å². The summed E-state index contributed by atoms with van der Waals surface area (Å²) in [5.74, 6) is 1.99. The number of imidazole rings is 1. The fourth-order valence-electron chi connectivity index (χ4n) is 3.42. The molecule has 0 aliphatic carbocycles. The van der Waals surface area contributed by atoms with Crippen LogP contribution in [0.25, 0.3) is 11.2 Å². The second-order valence-corrected chi connectivity index (χ2v) is 6.69. The van der Waals surface area contributed by atoms with E-state index in [1.54, 1.807) is 25.1 Å². The highest BCUT2D eigenvalue weighted by Crippen LogP contribution is 2.32. The van der Waals surface area contributed by atoms with Crippen molar-refractivity contribution in [3.8, 4) is 11.5 Å². The van der Waals surface area contributed by atoms with Gasteiger partial charge in [0.1, 0.15) is 30.2 Å². The van der Waals surface area contributed by atoms with E-state index in [2.05, 4.69) is 20.3 Å². The summed E-state index contributed by atoms with van der Waals surface area (Å²) in [7, 11) is 3.22. The molecule has 0 radical (unpaired) electrons. The molecule has 3 heterocycles. The monoisotopic (exact) mass is 401 g/mol. The van der Waals surface area contributed by atoms with Crippen LogP contribution in [0.1, 0.15) is 18.2 Å². The third-order valence-electron chi connectivity index (χ3n) is 4.99. The van der Waals surface area contributed by atoms with Crippen molar-refractivity contribution >= 4 is 17.0 Å². The van der Waals surface area contributed by atoms with Gasteiger partial charge in [0.2, 0.25) is 0 Å². The van der Waals surface area contributed by atoms with Gasteiger partial charge in [-0.05, 0) is 12.1 Å². The van der Waals surface area contributed by atoms with E-state index in [1.807, 2.05) is 18.2 Å². The molecular formula is C19H23N5O5. The lowest BCUT2D eigenvalue weighted by atomic mass is 10.2. The summed E-state index contributed by atoms with van der Waals surface area (Å²) in [4.78, 5) is 13.0. The molecule has 10 heteroatoms. The Bertz CT molecular complexity index is 994. The number of rotatable bonds is 7. The second kappa shape index (κ2) is 8.19. The number of anilines is 1. The van der Waals surface area contributed by atoms with Crippen molar-refractivity contribution in [1.82, 2.24) is 19.5 Å². The number of ether oxygens (including phenoxy) is 3. The van der Waals surface area contributed by atoms with Crippen molar-refractivity contribution in [2.75, 3.05) is 26.1 Å². The first-order valence-electron chi connectivity index (χ1n) is 9.21. The van der Waals surface area contributed by atoms with Gasteiger partial charge in [-0.1, -0.05) is 0 Å². The molecule has 4 rings (SSSR count). The number of nitrogens with zero attached hydrogens (tertiary/aromatic N) is 4. The highest BCUT2D eigenvalue weighted by atomic mass is 16.5. The molecule has 10 nitrogen and oxygen atoms in total. The number of aliphatic hydroxyl groups is 2. The lowest BCUT2D eigenvalue weighted by Crippen LogP contribution is -2.24. The highest BCUT2D eigenvalue weighted by molar-refractivity contribution is 5.82. The van der Waals surface area contributed by atoms with Crippen LogP contribution in [0, 0.1) is 0 Å². The quantitative estimate of drug-likeness (QED) is 0.534. The minimum Gasteiger partial charge on any atom is -0.497 e. The van der Waals surface area contributed by atoms with Crippen molar-refractivity contribution in [2.24, 2.45) is 0 Å². The number of aromatic nitrogens is 4. The maximum absolute atomic E-state index is 10.00. The molecule has 3 N–H and O–H groups in total. The van der Waals surface area contributed by atoms with Gasteiger partial charge in [-0.15, -0.1) is 0 Å². The summed E-state index contributed by atoms with van der Waals surface area (Å²) >= 11 is 0. The summed E-state index contributed by atoms with van der Waals surface area (Å²) in [6.45, 7) is 0.229. The van der Waals surface area contributed by atoms with Crippen LogP contribution < -0.4 is 14.8 Å². The summed E-state index contributed by atoms with van der Waals surface area (Å²) < 4.78 is 18.1. The van der Waals surface area contributed by atoms with Gasteiger partial charge >= 0.3 is 0 Å². The van der Waals surface area contributed by atoms with E-state index >= 15 is 0 Å². The number of nitrogens with one attached hydrogen (secondary N) is 1. The summed E-state index contributed by atoms with van der Waals surface area (Å²) in [5.41, 5.74) is 2.11. The zero-order valence-corrected chi connectivity index (χ0v) is 16.1. The van der Waals surface area contributed by atoms with Gasteiger partial charge in [0, 0.05) is 24.6 Å². The maximum atomic E-state index is 10.00. The van der Waals surface area contributed by atoms with Crippen LogP contribution in [-0.2, 0) is 11.3 Å².